The second-order valence-electron chi connectivity index (χ2n) is 6.92. The van der Waals surface area contributed by atoms with Crippen molar-refractivity contribution in [2.75, 3.05) is 13.7 Å². The molecule has 0 radical (unpaired) electrons. The number of benzene rings is 1. The van der Waals surface area contributed by atoms with Gasteiger partial charge < -0.3 is 15.3 Å². The summed E-state index contributed by atoms with van der Waals surface area (Å²) >= 11 is 12.0. The third-order valence-electron chi connectivity index (χ3n) is 4.72. The van der Waals surface area contributed by atoms with E-state index in [9.17, 15) is 9.59 Å². The van der Waals surface area contributed by atoms with Gasteiger partial charge in [-0.05, 0) is 42.3 Å². The summed E-state index contributed by atoms with van der Waals surface area (Å²) in [6, 6.07) is 11.0. The summed E-state index contributed by atoms with van der Waals surface area (Å²) in [7, 11) is 1.00. The lowest BCUT2D eigenvalue weighted by atomic mass is 10.0. The number of carbonyl (C=O) groups excluding carboxylic acids is 2. The Bertz CT molecular complexity index is 1160. The van der Waals surface area contributed by atoms with Crippen LogP contribution >= 0.6 is 23.2 Å². The molecule has 2 amide bonds. The van der Waals surface area contributed by atoms with E-state index in [1.54, 1.807) is 6.07 Å². The number of aliphatic hydroxyl groups is 1. The summed E-state index contributed by atoms with van der Waals surface area (Å²) in [6.07, 6.45) is 1.42. The van der Waals surface area contributed by atoms with Gasteiger partial charge >= 0.3 is 0 Å². The molecule has 0 bridgehead atoms. The van der Waals surface area contributed by atoms with Gasteiger partial charge in [-0.1, -0.05) is 57.5 Å². The Kier molecular flexibility index (Phi) is 13.6. The number of hydrogen-bond acceptors (Lipinski definition) is 6. The Balaban J connectivity index is 0.00000101. The molecule has 1 aromatic carbocycles. The maximum atomic E-state index is 12.8. The average Bonchev–Trinajstić information content (AvgIpc) is 3.22. The normalized spacial score (nSPS) is 11.1. The molecule has 3 aromatic rings. The third-order valence-corrected chi connectivity index (χ3v) is 5.18. The summed E-state index contributed by atoms with van der Waals surface area (Å²) in [5.41, 5.74) is 4.12. The number of amides is 2. The number of fused-ring (bicyclic) bond motifs is 1. The van der Waals surface area contributed by atoms with Gasteiger partial charge in [-0.2, -0.15) is 0 Å². The summed E-state index contributed by atoms with van der Waals surface area (Å²) in [5.74, 6) is -0.461. The van der Waals surface area contributed by atoms with Gasteiger partial charge in [0.25, 0.3) is 5.91 Å². The number of aromatic nitrogens is 3. The molecule has 194 valence electrons. The van der Waals surface area contributed by atoms with E-state index in [1.807, 2.05) is 65.0 Å². The zero-order chi connectivity index (χ0) is 27.3. The molecule has 1 aliphatic rings. The summed E-state index contributed by atoms with van der Waals surface area (Å²) in [6.45, 7) is 10.5. The molecule has 36 heavy (non-hydrogen) atoms. The number of hydrogen-bond donors (Lipinski definition) is 2. The van der Waals surface area contributed by atoms with Crippen LogP contribution < -0.4 is 5.32 Å². The van der Waals surface area contributed by atoms with Crippen molar-refractivity contribution in [1.82, 2.24) is 25.2 Å². The van der Waals surface area contributed by atoms with Gasteiger partial charge in [0, 0.05) is 30.5 Å². The first kappa shape index (κ1) is 31.0. The molecule has 1 aliphatic heterocycles. The highest BCUT2D eigenvalue weighted by Crippen LogP contribution is 2.31. The van der Waals surface area contributed by atoms with E-state index in [0.29, 0.717) is 34.9 Å². The summed E-state index contributed by atoms with van der Waals surface area (Å²) in [5, 5.41) is 10.2. The second-order valence-corrected chi connectivity index (χ2v) is 7.66. The van der Waals surface area contributed by atoms with Crippen LogP contribution in [0.15, 0.2) is 42.6 Å². The van der Waals surface area contributed by atoms with E-state index in [0.717, 1.165) is 24.1 Å². The van der Waals surface area contributed by atoms with Crippen LogP contribution in [-0.4, -0.2) is 50.4 Å². The minimum atomic E-state index is -0.245. The number of pyridine rings is 1. The molecular formula is C26H33Cl2N5O3. The maximum Gasteiger partial charge on any atom is 0.254 e. The highest BCUT2D eigenvalue weighted by Gasteiger charge is 2.29. The lowest BCUT2D eigenvalue weighted by Crippen LogP contribution is -2.37. The predicted octanol–water partition coefficient (Wildman–Crippen LogP) is 5.09. The molecule has 2 N–H and O–H groups in total. The largest absolute Gasteiger partial charge is 0.400 e. The summed E-state index contributed by atoms with van der Waals surface area (Å²) in [4.78, 5) is 39.0. The molecule has 8 nitrogen and oxygen atoms in total. The molecule has 0 unspecified atom stereocenters. The number of rotatable bonds is 5. The third kappa shape index (κ3) is 8.26. The van der Waals surface area contributed by atoms with Crippen molar-refractivity contribution in [1.29, 1.82) is 0 Å². The molecule has 0 fully saturated rings. The van der Waals surface area contributed by atoms with Crippen LogP contribution in [0.1, 0.15) is 55.0 Å². The average molecular weight is 534 g/mol. The quantitative estimate of drug-likeness (QED) is 0.442. The Labute approximate surface area is 222 Å². The van der Waals surface area contributed by atoms with Crippen molar-refractivity contribution in [3.05, 3.63) is 75.4 Å². The van der Waals surface area contributed by atoms with E-state index in [-0.39, 0.29) is 23.6 Å². The van der Waals surface area contributed by atoms with Crippen LogP contribution in [0.5, 0.6) is 0 Å². The smallest absolute Gasteiger partial charge is 0.254 e. The van der Waals surface area contributed by atoms with Crippen LogP contribution in [0.3, 0.4) is 0 Å². The number of aryl methyl sites for hydroxylation is 1. The summed E-state index contributed by atoms with van der Waals surface area (Å²) < 4.78 is 0. The monoisotopic (exact) mass is 533 g/mol. The predicted molar refractivity (Wildman–Crippen MR) is 144 cm³/mol. The van der Waals surface area contributed by atoms with Crippen LogP contribution in [0.4, 0.5) is 0 Å². The molecule has 0 aliphatic carbocycles. The van der Waals surface area contributed by atoms with Crippen molar-refractivity contribution in [2.45, 2.75) is 47.7 Å². The molecule has 3 heterocycles. The SMILES string of the molecule is CC.CC.CO.Cc1cccc(CNC(=O)CN2Cc3ccc(-c4nc(Cl)ncc4Cl)cc3C2=O)n1. The first-order chi connectivity index (χ1) is 17.4. The van der Waals surface area contributed by atoms with Crippen LogP contribution in [0.25, 0.3) is 11.3 Å². The Morgan fingerprint density at radius 2 is 1.78 bits per heavy atom. The van der Waals surface area contributed by atoms with Gasteiger partial charge in [-0.15, -0.1) is 0 Å². The first-order valence-corrected chi connectivity index (χ1v) is 12.4. The van der Waals surface area contributed by atoms with Crippen molar-refractivity contribution in [3.8, 4) is 11.3 Å². The highest BCUT2D eigenvalue weighted by molar-refractivity contribution is 6.33. The lowest BCUT2D eigenvalue weighted by molar-refractivity contribution is -0.122. The molecule has 0 atom stereocenters. The zero-order valence-electron chi connectivity index (χ0n) is 21.5. The van der Waals surface area contributed by atoms with Crippen LogP contribution in [-0.2, 0) is 17.9 Å². The topological polar surface area (TPSA) is 108 Å². The van der Waals surface area contributed by atoms with Crippen LogP contribution in [0, 0.1) is 6.92 Å². The Morgan fingerprint density at radius 3 is 2.44 bits per heavy atom. The van der Waals surface area contributed by atoms with Gasteiger partial charge in [0.15, 0.2) is 0 Å². The van der Waals surface area contributed by atoms with Gasteiger partial charge in [0.05, 0.1) is 29.2 Å². The van der Waals surface area contributed by atoms with Crippen molar-refractivity contribution in [2.24, 2.45) is 0 Å². The number of halogens is 2. The maximum absolute atomic E-state index is 12.8. The second kappa shape index (κ2) is 15.8. The fourth-order valence-electron chi connectivity index (χ4n) is 3.30. The van der Waals surface area contributed by atoms with Crippen molar-refractivity contribution < 1.29 is 14.7 Å². The minimum absolute atomic E-state index is 0.0330. The van der Waals surface area contributed by atoms with E-state index in [1.165, 1.54) is 11.1 Å². The first-order valence-electron chi connectivity index (χ1n) is 11.7. The van der Waals surface area contributed by atoms with E-state index in [4.69, 9.17) is 28.3 Å². The van der Waals surface area contributed by atoms with E-state index < -0.39 is 0 Å². The zero-order valence-corrected chi connectivity index (χ0v) is 23.0. The van der Waals surface area contributed by atoms with E-state index in [2.05, 4.69) is 20.3 Å². The minimum Gasteiger partial charge on any atom is -0.400 e. The van der Waals surface area contributed by atoms with Gasteiger partial charge in [0.1, 0.15) is 6.54 Å². The fourth-order valence-corrected chi connectivity index (χ4v) is 3.63. The fraction of sp³-hybridized carbons (Fsp3) is 0.346. The van der Waals surface area contributed by atoms with Crippen molar-refractivity contribution >= 4 is 35.0 Å². The molecule has 0 saturated heterocycles. The highest BCUT2D eigenvalue weighted by atomic mass is 35.5. The standard InChI is InChI=1S/C21H17Cl2N5O2.2C2H6.CH4O/c1-12-3-2-4-15(26-12)8-24-18(29)11-28-10-14-6-5-13(7-16(14)20(28)30)19-17(22)9-25-21(23)27-19;3*1-2/h2-7,9H,8,10-11H2,1H3,(H,24,29);2*1-2H3;2H,1H3. The number of aliphatic hydroxyl groups excluding tert-OH is 1. The molecule has 0 saturated carbocycles. The number of carbonyl (C=O) groups is 2. The molecule has 2 aromatic heterocycles. The Morgan fingerprint density at radius 1 is 1.08 bits per heavy atom. The van der Waals surface area contributed by atoms with E-state index >= 15 is 0 Å². The molecule has 10 heteroatoms. The van der Waals surface area contributed by atoms with Crippen LogP contribution in [0.2, 0.25) is 10.3 Å². The Hall–Kier alpha value is -3.07. The lowest BCUT2D eigenvalue weighted by Gasteiger charge is -2.15. The molecule has 0 spiro atoms. The van der Waals surface area contributed by atoms with Gasteiger partial charge in [0.2, 0.25) is 11.2 Å². The number of nitrogens with zero attached hydrogens (tertiary/aromatic N) is 4. The molecule has 4 rings (SSSR count). The van der Waals surface area contributed by atoms with Gasteiger partial charge in [-0.25, -0.2) is 9.97 Å². The van der Waals surface area contributed by atoms with Gasteiger partial charge in [-0.3, -0.25) is 14.6 Å². The molecular weight excluding hydrogens is 501 g/mol. The number of nitrogens with one attached hydrogen (secondary N) is 1. The van der Waals surface area contributed by atoms with Crippen molar-refractivity contribution in [3.63, 3.8) is 0 Å².